The minimum absolute atomic E-state index is 0.158. The number of hydrogen-bond acceptors (Lipinski definition) is 8. The van der Waals surface area contributed by atoms with Crippen LogP contribution in [0.4, 0.5) is 10.9 Å². The van der Waals surface area contributed by atoms with Gasteiger partial charge in [-0.25, -0.2) is 4.98 Å². The lowest BCUT2D eigenvalue weighted by atomic mass is 10.4. The molecule has 2 rings (SSSR count). The van der Waals surface area contributed by atoms with Crippen molar-refractivity contribution in [3.8, 4) is 0 Å². The Morgan fingerprint density at radius 2 is 2.38 bits per heavy atom. The normalized spacial score (nSPS) is 10.6. The smallest absolute Gasteiger partial charge is 0.245 e. The van der Waals surface area contributed by atoms with Crippen LogP contribution in [0.5, 0.6) is 0 Å². The third-order valence-electron chi connectivity index (χ3n) is 2.59. The van der Waals surface area contributed by atoms with Crippen molar-refractivity contribution in [2.24, 2.45) is 0 Å². The first kappa shape index (κ1) is 15.4. The topological polar surface area (TPSA) is 93.4 Å². The van der Waals surface area contributed by atoms with E-state index in [1.807, 2.05) is 0 Å². The molecule has 2 aromatic rings. The van der Waals surface area contributed by atoms with E-state index in [0.29, 0.717) is 29.7 Å². The van der Waals surface area contributed by atoms with Gasteiger partial charge in [-0.05, 0) is 6.92 Å². The predicted molar refractivity (Wildman–Crippen MR) is 78.6 cm³/mol. The lowest BCUT2D eigenvalue weighted by Crippen LogP contribution is -2.30. The van der Waals surface area contributed by atoms with Crippen molar-refractivity contribution in [2.45, 2.75) is 13.3 Å². The first-order valence-corrected chi connectivity index (χ1v) is 7.11. The van der Waals surface area contributed by atoms with Crippen molar-refractivity contribution in [3.05, 3.63) is 17.7 Å². The van der Waals surface area contributed by atoms with E-state index in [0.717, 1.165) is 5.82 Å². The Labute approximate surface area is 126 Å². The van der Waals surface area contributed by atoms with Gasteiger partial charge in [0.1, 0.15) is 11.6 Å². The molecular weight excluding hydrogens is 294 g/mol. The second kappa shape index (κ2) is 7.14. The molecule has 0 radical (unpaired) electrons. The summed E-state index contributed by atoms with van der Waals surface area (Å²) in [5.74, 6) is 1.57. The van der Waals surface area contributed by atoms with Crippen LogP contribution in [0.1, 0.15) is 11.6 Å². The maximum Gasteiger partial charge on any atom is 0.245 e. The second-order valence-corrected chi connectivity index (χ2v) is 5.19. The zero-order chi connectivity index (χ0) is 15.2. The highest BCUT2D eigenvalue weighted by Gasteiger charge is 2.13. The highest BCUT2D eigenvalue weighted by atomic mass is 32.1. The molecule has 0 saturated heterocycles. The molecule has 8 nitrogen and oxygen atoms in total. The Bertz CT molecular complexity index is 597. The number of amides is 1. The molecule has 0 spiro atoms. The fourth-order valence-electron chi connectivity index (χ4n) is 1.59. The molecule has 0 aliphatic heterocycles. The minimum atomic E-state index is -0.195. The van der Waals surface area contributed by atoms with Gasteiger partial charge in [0.15, 0.2) is 5.82 Å². The molecule has 21 heavy (non-hydrogen) atoms. The number of hydrogen-bond donors (Lipinski definition) is 1. The van der Waals surface area contributed by atoms with Crippen molar-refractivity contribution in [3.63, 3.8) is 0 Å². The fraction of sp³-hybridized carbons (Fsp3) is 0.500. The van der Waals surface area contributed by atoms with E-state index in [-0.39, 0.29) is 12.5 Å². The van der Waals surface area contributed by atoms with Crippen LogP contribution in [0, 0.1) is 6.92 Å². The molecule has 1 N–H and O–H groups in total. The summed E-state index contributed by atoms with van der Waals surface area (Å²) < 4.78 is 14.1. The Morgan fingerprint density at radius 1 is 1.57 bits per heavy atom. The van der Waals surface area contributed by atoms with Gasteiger partial charge in [0.2, 0.25) is 11.0 Å². The van der Waals surface area contributed by atoms with E-state index in [1.54, 1.807) is 32.0 Å². The fourth-order valence-corrected chi connectivity index (χ4v) is 2.25. The molecule has 1 amide bonds. The summed E-state index contributed by atoms with van der Waals surface area (Å²) >= 11 is 1.26. The summed E-state index contributed by atoms with van der Waals surface area (Å²) in [6.07, 6.45) is 0.658. The molecule has 0 bridgehead atoms. The maximum absolute atomic E-state index is 11.9. The van der Waals surface area contributed by atoms with Gasteiger partial charge in [-0.15, -0.1) is 0 Å². The number of carbonyl (C=O) groups is 1. The first-order valence-electron chi connectivity index (χ1n) is 6.34. The molecule has 0 aromatic carbocycles. The largest absolute Gasteiger partial charge is 0.384 e. The van der Waals surface area contributed by atoms with Crippen LogP contribution in [-0.4, -0.2) is 47.7 Å². The number of likely N-dealkylation sites (N-methyl/N-ethyl adjacent to an activating group) is 1. The van der Waals surface area contributed by atoms with Crippen molar-refractivity contribution in [2.75, 3.05) is 37.5 Å². The summed E-state index contributed by atoms with van der Waals surface area (Å²) in [5, 5.41) is 7.05. The molecule has 9 heteroatoms. The first-order chi connectivity index (χ1) is 10.1. The van der Waals surface area contributed by atoms with E-state index in [1.165, 1.54) is 11.5 Å². The lowest BCUT2D eigenvalue weighted by Gasteiger charge is -2.13. The van der Waals surface area contributed by atoms with E-state index < -0.39 is 0 Å². The van der Waals surface area contributed by atoms with E-state index in [9.17, 15) is 4.79 Å². The number of anilines is 2. The summed E-state index contributed by atoms with van der Waals surface area (Å²) in [5.41, 5.74) is 0. The average molecular weight is 311 g/mol. The third kappa shape index (κ3) is 4.50. The lowest BCUT2D eigenvalue weighted by molar-refractivity contribution is -0.115. The van der Waals surface area contributed by atoms with Gasteiger partial charge < -0.3 is 19.5 Å². The number of aromatic nitrogens is 3. The molecule has 114 valence electrons. The van der Waals surface area contributed by atoms with Gasteiger partial charge in [0, 0.05) is 38.2 Å². The number of nitrogens with zero attached hydrogens (tertiary/aromatic N) is 4. The molecule has 0 fully saturated rings. The van der Waals surface area contributed by atoms with Crippen LogP contribution < -0.4 is 10.2 Å². The van der Waals surface area contributed by atoms with Crippen molar-refractivity contribution >= 4 is 28.4 Å². The van der Waals surface area contributed by atoms with Crippen molar-refractivity contribution < 1.29 is 14.1 Å². The molecule has 2 aromatic heterocycles. The van der Waals surface area contributed by atoms with Gasteiger partial charge in [-0.3, -0.25) is 4.79 Å². The van der Waals surface area contributed by atoms with Crippen LogP contribution >= 0.6 is 11.5 Å². The minimum Gasteiger partial charge on any atom is -0.384 e. The zero-order valence-electron chi connectivity index (χ0n) is 12.1. The number of ether oxygens (including phenoxy) is 1. The Balaban J connectivity index is 1.86. The zero-order valence-corrected chi connectivity index (χ0v) is 12.9. The van der Waals surface area contributed by atoms with Crippen LogP contribution in [0.15, 0.2) is 10.6 Å². The monoisotopic (exact) mass is 311 g/mol. The van der Waals surface area contributed by atoms with Gasteiger partial charge >= 0.3 is 0 Å². The maximum atomic E-state index is 11.9. The van der Waals surface area contributed by atoms with Gasteiger partial charge in [0.05, 0.1) is 13.2 Å². The molecular formula is C12H17N5O3S. The van der Waals surface area contributed by atoms with Gasteiger partial charge in [-0.2, -0.15) is 4.37 Å². The van der Waals surface area contributed by atoms with Crippen LogP contribution in [-0.2, 0) is 16.0 Å². The molecule has 0 aliphatic carbocycles. The number of nitrogens with one attached hydrogen (secondary N) is 1. The van der Waals surface area contributed by atoms with Crippen molar-refractivity contribution in [1.82, 2.24) is 14.5 Å². The van der Waals surface area contributed by atoms with Gasteiger partial charge in [-0.1, -0.05) is 5.16 Å². The van der Waals surface area contributed by atoms with Crippen LogP contribution in [0.25, 0.3) is 0 Å². The van der Waals surface area contributed by atoms with E-state index in [2.05, 4.69) is 19.8 Å². The van der Waals surface area contributed by atoms with Crippen LogP contribution in [0.2, 0.25) is 0 Å². The Morgan fingerprint density at radius 3 is 3.05 bits per heavy atom. The summed E-state index contributed by atoms with van der Waals surface area (Å²) in [6, 6.07) is 1.66. The number of carbonyl (C=O) groups excluding carboxylic acids is 1. The predicted octanol–water partition coefficient (Wildman–Crippen LogP) is 1.10. The second-order valence-electron chi connectivity index (χ2n) is 4.46. The van der Waals surface area contributed by atoms with Crippen LogP contribution in [0.3, 0.4) is 0 Å². The van der Waals surface area contributed by atoms with Gasteiger partial charge in [0.25, 0.3) is 0 Å². The number of aryl methyl sites for hydroxylation is 1. The highest BCUT2D eigenvalue weighted by Crippen LogP contribution is 2.16. The Hall–Kier alpha value is -2.00. The van der Waals surface area contributed by atoms with E-state index in [4.69, 9.17) is 9.26 Å². The molecule has 0 unspecified atom stereocenters. The highest BCUT2D eigenvalue weighted by molar-refractivity contribution is 7.09. The Kier molecular flexibility index (Phi) is 5.23. The average Bonchev–Trinajstić information content (AvgIpc) is 3.05. The quantitative estimate of drug-likeness (QED) is 0.818. The standard InChI is InChI=1S/C12H17N5O3S/c1-8-6-10(15-20-8)13-11(18)7-17(2)12-14-9(16-21-12)4-5-19-3/h6H,4-5,7H2,1-3H3,(H,13,15,18). The number of rotatable bonds is 7. The molecule has 2 heterocycles. The van der Waals surface area contributed by atoms with Crippen molar-refractivity contribution in [1.29, 1.82) is 0 Å². The summed E-state index contributed by atoms with van der Waals surface area (Å²) in [6.45, 7) is 2.49. The SMILES string of the molecule is COCCc1nsc(N(C)CC(=O)Nc2cc(C)on2)n1. The molecule has 0 saturated carbocycles. The van der Waals surface area contributed by atoms with E-state index >= 15 is 0 Å². The summed E-state index contributed by atoms with van der Waals surface area (Å²) in [7, 11) is 3.42. The number of methoxy groups -OCH3 is 1. The summed E-state index contributed by atoms with van der Waals surface area (Å²) in [4.78, 5) is 18.0. The third-order valence-corrected chi connectivity index (χ3v) is 3.46. The molecule has 0 aliphatic rings. The molecule has 0 atom stereocenters.